The first-order valence-electron chi connectivity index (χ1n) is 6.91. The molecule has 3 N–H and O–H groups in total. The molecule has 1 fully saturated rings. The van der Waals surface area contributed by atoms with Gasteiger partial charge in [-0.25, -0.2) is 0 Å². The van der Waals surface area contributed by atoms with Crippen LogP contribution < -0.4 is 10.5 Å². The van der Waals surface area contributed by atoms with Crippen molar-refractivity contribution in [2.75, 3.05) is 27.2 Å². The van der Waals surface area contributed by atoms with E-state index in [1.165, 1.54) is 14.2 Å². The Morgan fingerprint density at radius 2 is 2.05 bits per heavy atom. The molecule has 8 heteroatoms. The Morgan fingerprint density at radius 3 is 2.65 bits per heavy atom. The van der Waals surface area contributed by atoms with E-state index in [0.29, 0.717) is 6.54 Å². The van der Waals surface area contributed by atoms with E-state index in [1.54, 1.807) is 0 Å². The van der Waals surface area contributed by atoms with E-state index < -0.39 is 16.2 Å². The van der Waals surface area contributed by atoms with Crippen molar-refractivity contribution in [1.82, 2.24) is 9.03 Å². The molecule has 1 aliphatic rings. The Bertz CT molecular complexity index is 413. The number of carbonyl (C=O) groups excluding carboxylic acids is 1. The molecule has 0 amide bonds. The number of hydrogen-bond donors (Lipinski definition) is 2. The van der Waals surface area contributed by atoms with Gasteiger partial charge in [-0.3, -0.25) is 4.79 Å². The molecule has 0 spiro atoms. The zero-order valence-corrected chi connectivity index (χ0v) is 13.0. The predicted molar refractivity (Wildman–Crippen MR) is 76.1 cm³/mol. The van der Waals surface area contributed by atoms with Gasteiger partial charge in [0.25, 0.3) is 10.2 Å². The van der Waals surface area contributed by atoms with Crippen LogP contribution in [0.1, 0.15) is 32.1 Å². The van der Waals surface area contributed by atoms with Crippen LogP contribution in [-0.2, 0) is 19.7 Å². The Balaban J connectivity index is 2.56. The minimum Gasteiger partial charge on any atom is -0.469 e. The molecule has 2 unspecified atom stereocenters. The second kappa shape index (κ2) is 7.92. The van der Waals surface area contributed by atoms with Crippen molar-refractivity contribution in [3.63, 3.8) is 0 Å². The molecule has 0 aromatic rings. The number of methoxy groups -OCH3 is 1. The molecule has 0 aromatic heterocycles. The monoisotopic (exact) mass is 307 g/mol. The van der Waals surface area contributed by atoms with Crippen molar-refractivity contribution in [3.8, 4) is 0 Å². The summed E-state index contributed by atoms with van der Waals surface area (Å²) in [4.78, 5) is 11.1. The van der Waals surface area contributed by atoms with E-state index in [-0.39, 0.29) is 24.9 Å². The van der Waals surface area contributed by atoms with Gasteiger partial charge in [-0.05, 0) is 25.3 Å². The SMILES string of the molecule is COC(=O)CCN(C)S(=O)(=O)NC1CCCCC1CN. The Morgan fingerprint density at radius 1 is 1.40 bits per heavy atom. The predicted octanol–water partition coefficient (Wildman–Crippen LogP) is -0.167. The number of nitrogens with two attached hydrogens (primary N) is 1. The number of ether oxygens (including phenoxy) is 1. The average Bonchev–Trinajstić information content (AvgIpc) is 2.44. The maximum atomic E-state index is 12.2. The highest BCUT2D eigenvalue weighted by atomic mass is 32.2. The van der Waals surface area contributed by atoms with Crippen molar-refractivity contribution in [3.05, 3.63) is 0 Å². The fraction of sp³-hybridized carbons (Fsp3) is 0.917. The smallest absolute Gasteiger partial charge is 0.306 e. The van der Waals surface area contributed by atoms with Crippen molar-refractivity contribution in [1.29, 1.82) is 0 Å². The molecule has 0 radical (unpaired) electrons. The minimum atomic E-state index is -3.59. The lowest BCUT2D eigenvalue weighted by molar-refractivity contribution is -0.140. The van der Waals surface area contributed by atoms with Gasteiger partial charge in [0.15, 0.2) is 0 Å². The summed E-state index contributed by atoms with van der Waals surface area (Å²) in [5.41, 5.74) is 5.70. The first kappa shape index (κ1) is 17.4. The number of rotatable bonds is 7. The number of nitrogens with zero attached hydrogens (tertiary/aromatic N) is 1. The molecule has 1 saturated carbocycles. The fourth-order valence-electron chi connectivity index (χ4n) is 2.40. The van der Waals surface area contributed by atoms with Crippen LogP contribution in [0, 0.1) is 5.92 Å². The normalized spacial score (nSPS) is 23.8. The second-order valence-electron chi connectivity index (χ2n) is 5.16. The lowest BCUT2D eigenvalue weighted by Gasteiger charge is -2.32. The summed E-state index contributed by atoms with van der Waals surface area (Å²) in [7, 11) is -0.856. The van der Waals surface area contributed by atoms with Crippen LogP contribution in [-0.4, -0.2) is 52.0 Å². The van der Waals surface area contributed by atoms with E-state index >= 15 is 0 Å². The summed E-state index contributed by atoms with van der Waals surface area (Å²) >= 11 is 0. The lowest BCUT2D eigenvalue weighted by atomic mass is 9.85. The van der Waals surface area contributed by atoms with E-state index in [2.05, 4.69) is 9.46 Å². The number of nitrogens with one attached hydrogen (secondary N) is 1. The summed E-state index contributed by atoms with van der Waals surface area (Å²) in [5, 5.41) is 0. The number of carbonyl (C=O) groups is 1. The zero-order valence-electron chi connectivity index (χ0n) is 12.2. The van der Waals surface area contributed by atoms with E-state index in [9.17, 15) is 13.2 Å². The Hall–Kier alpha value is -0.700. The molecule has 0 aliphatic heterocycles. The van der Waals surface area contributed by atoms with Crippen LogP contribution in [0.25, 0.3) is 0 Å². The molecule has 0 saturated heterocycles. The molecule has 0 heterocycles. The maximum Gasteiger partial charge on any atom is 0.306 e. The highest BCUT2D eigenvalue weighted by Crippen LogP contribution is 2.24. The van der Waals surface area contributed by atoms with Gasteiger partial charge in [0.1, 0.15) is 0 Å². The molecular formula is C12H25N3O4S. The summed E-state index contributed by atoms with van der Waals surface area (Å²) < 4.78 is 32.7. The van der Waals surface area contributed by atoms with E-state index in [1.807, 2.05) is 0 Å². The van der Waals surface area contributed by atoms with Gasteiger partial charge in [-0.15, -0.1) is 0 Å². The van der Waals surface area contributed by atoms with E-state index in [4.69, 9.17) is 5.73 Å². The largest absolute Gasteiger partial charge is 0.469 e. The third kappa shape index (κ3) is 5.01. The van der Waals surface area contributed by atoms with Gasteiger partial charge in [0.2, 0.25) is 0 Å². The molecule has 118 valence electrons. The Kier molecular flexibility index (Phi) is 6.87. The van der Waals surface area contributed by atoms with Gasteiger partial charge in [-0.2, -0.15) is 17.4 Å². The average molecular weight is 307 g/mol. The van der Waals surface area contributed by atoms with Crippen LogP contribution in [0.15, 0.2) is 0 Å². The standard InChI is InChI=1S/C12H25N3O4S/c1-15(8-7-12(16)19-2)20(17,18)14-11-6-4-3-5-10(11)9-13/h10-11,14H,3-9,13H2,1-2H3. The fourth-order valence-corrected chi connectivity index (χ4v) is 3.60. The highest BCUT2D eigenvalue weighted by Gasteiger charge is 2.29. The first-order chi connectivity index (χ1) is 9.40. The van der Waals surface area contributed by atoms with Gasteiger partial charge in [0.05, 0.1) is 13.5 Å². The minimum absolute atomic E-state index is 0.0406. The van der Waals surface area contributed by atoms with Crippen LogP contribution >= 0.6 is 0 Å². The molecule has 1 rings (SSSR count). The van der Waals surface area contributed by atoms with Gasteiger partial charge in [-0.1, -0.05) is 12.8 Å². The number of hydrogen-bond acceptors (Lipinski definition) is 5. The first-order valence-corrected chi connectivity index (χ1v) is 8.35. The maximum absolute atomic E-state index is 12.2. The van der Waals surface area contributed by atoms with Gasteiger partial charge >= 0.3 is 5.97 Å². The van der Waals surface area contributed by atoms with Crippen LogP contribution in [0.2, 0.25) is 0 Å². The summed E-state index contributed by atoms with van der Waals surface area (Å²) in [6, 6.07) is -0.112. The third-order valence-corrected chi connectivity index (χ3v) is 5.38. The molecular weight excluding hydrogens is 282 g/mol. The zero-order chi connectivity index (χ0) is 15.2. The lowest BCUT2D eigenvalue weighted by Crippen LogP contribution is -2.49. The van der Waals surface area contributed by atoms with E-state index in [0.717, 1.165) is 30.0 Å². The molecule has 7 nitrogen and oxygen atoms in total. The van der Waals surface area contributed by atoms with Crippen molar-refractivity contribution >= 4 is 16.2 Å². The summed E-state index contributed by atoms with van der Waals surface area (Å²) in [6.07, 6.45) is 3.91. The van der Waals surface area contributed by atoms with Crippen molar-refractivity contribution in [2.24, 2.45) is 11.7 Å². The molecule has 2 atom stereocenters. The van der Waals surface area contributed by atoms with Gasteiger partial charge < -0.3 is 10.5 Å². The van der Waals surface area contributed by atoms with Crippen LogP contribution in [0.4, 0.5) is 0 Å². The second-order valence-corrected chi connectivity index (χ2v) is 6.97. The molecule has 0 bridgehead atoms. The van der Waals surface area contributed by atoms with Crippen molar-refractivity contribution < 1.29 is 17.9 Å². The number of esters is 1. The molecule has 20 heavy (non-hydrogen) atoms. The third-order valence-electron chi connectivity index (χ3n) is 3.78. The Labute approximate surface area is 121 Å². The quantitative estimate of drug-likeness (QED) is 0.636. The highest BCUT2D eigenvalue weighted by molar-refractivity contribution is 7.87. The molecule has 1 aliphatic carbocycles. The topological polar surface area (TPSA) is 102 Å². The van der Waals surface area contributed by atoms with Gasteiger partial charge in [0, 0.05) is 19.6 Å². The molecule has 0 aromatic carbocycles. The summed E-state index contributed by atoms with van der Waals surface area (Å²) in [5.74, 6) is -0.239. The summed E-state index contributed by atoms with van der Waals surface area (Å²) in [6.45, 7) is 0.584. The van der Waals surface area contributed by atoms with Crippen LogP contribution in [0.5, 0.6) is 0 Å². The van der Waals surface area contributed by atoms with Crippen LogP contribution in [0.3, 0.4) is 0 Å². The van der Waals surface area contributed by atoms with Crippen molar-refractivity contribution in [2.45, 2.75) is 38.1 Å².